The maximum atomic E-state index is 9.38. The van der Waals surface area contributed by atoms with Gasteiger partial charge in [-0.05, 0) is 42.6 Å². The van der Waals surface area contributed by atoms with Gasteiger partial charge in [-0.1, -0.05) is 59.5 Å². The molecule has 0 spiro atoms. The smallest absolute Gasteiger partial charge is 0 e. The monoisotopic (exact) mass is 1020 g/mol. The Kier molecular flexibility index (Phi) is 11.4. The third-order valence-corrected chi connectivity index (χ3v) is 15.5. The molecule has 4 aromatic heterocycles. The van der Waals surface area contributed by atoms with E-state index in [9.17, 15) is 1.37 Å². The number of aromatic nitrogens is 4. The van der Waals surface area contributed by atoms with Gasteiger partial charge < -0.3 is 8.98 Å². The predicted molar refractivity (Wildman–Crippen MR) is 247 cm³/mol. The van der Waals surface area contributed by atoms with Crippen LogP contribution in [0, 0.1) is 19.1 Å². The Balaban J connectivity index is 0.000000170. The van der Waals surface area contributed by atoms with Crippen LogP contribution in [-0.4, -0.2) is 32.8 Å². The van der Waals surface area contributed by atoms with Gasteiger partial charge in [-0.3, -0.25) is 4.98 Å². The number of hydrogen-bond acceptors (Lipinski definition) is 4. The molecule has 0 saturated heterocycles. The Morgan fingerprint density at radius 3 is 2.27 bits per heavy atom. The van der Waals surface area contributed by atoms with E-state index in [2.05, 4.69) is 138 Å². The van der Waals surface area contributed by atoms with Crippen LogP contribution in [0.1, 0.15) is 43.9 Å². The van der Waals surface area contributed by atoms with Crippen molar-refractivity contribution in [1.29, 1.82) is 0 Å². The van der Waals surface area contributed by atoms with E-state index in [0.717, 1.165) is 67.0 Å². The summed E-state index contributed by atoms with van der Waals surface area (Å²) in [6.07, 6.45) is 2.04. The number of benzene rings is 6. The number of nitrogens with zero attached hydrogens (tertiary/aromatic N) is 4. The van der Waals surface area contributed by atoms with Gasteiger partial charge in [0.1, 0.15) is 0 Å². The van der Waals surface area contributed by atoms with Crippen LogP contribution in [-0.2, 0) is 20.1 Å². The minimum Gasteiger partial charge on any atom is 0 e. The average molecular weight is 1020 g/mol. The molecular weight excluding hydrogens is 973 g/mol. The van der Waals surface area contributed by atoms with Crippen LogP contribution in [0.25, 0.3) is 72.2 Å². The van der Waals surface area contributed by atoms with Gasteiger partial charge in [0.05, 0.1) is 22.4 Å². The van der Waals surface area contributed by atoms with Crippen molar-refractivity contribution in [1.82, 2.24) is 19.5 Å². The van der Waals surface area contributed by atoms with Crippen LogP contribution in [0.3, 0.4) is 0 Å². The molecule has 0 saturated carbocycles. The van der Waals surface area contributed by atoms with Gasteiger partial charge in [-0.25, -0.2) is 4.98 Å². The molecule has 0 aliphatic rings. The van der Waals surface area contributed by atoms with E-state index < -0.39 is 19.2 Å². The van der Waals surface area contributed by atoms with Crippen LogP contribution in [0.5, 0.6) is 0 Å². The van der Waals surface area contributed by atoms with Gasteiger partial charge in [0.2, 0.25) is 5.71 Å². The summed E-state index contributed by atoms with van der Waals surface area (Å²) in [5.41, 5.74) is 10.4. The fraction of sp³-hybridized carbons (Fsp3) is 0.151. The number of pyridine rings is 2. The number of aryl methyl sites for hydroxylation is 1. The summed E-state index contributed by atoms with van der Waals surface area (Å²) in [5.74, 6) is 7.27. The minimum atomic E-state index is -2.20. The van der Waals surface area contributed by atoms with E-state index in [1.165, 1.54) is 20.7 Å². The summed E-state index contributed by atoms with van der Waals surface area (Å²) in [7, 11) is 0. The molecule has 60 heavy (non-hydrogen) atoms. The van der Waals surface area contributed by atoms with Crippen molar-refractivity contribution in [2.45, 2.75) is 49.9 Å². The third kappa shape index (κ3) is 7.88. The van der Waals surface area contributed by atoms with Gasteiger partial charge in [0.15, 0.2) is 0 Å². The van der Waals surface area contributed by atoms with Crippen LogP contribution in [0.15, 0.2) is 162 Å². The van der Waals surface area contributed by atoms with Crippen molar-refractivity contribution in [3.05, 3.63) is 187 Å². The largest absolute Gasteiger partial charge is 0 e. The maximum absolute atomic E-state index is 9.38. The van der Waals surface area contributed by atoms with Gasteiger partial charge in [-0.2, -0.15) is 0 Å². The normalized spacial score (nSPS) is 13.3. The van der Waals surface area contributed by atoms with E-state index in [1.807, 2.05) is 79.9 Å². The molecule has 5 nitrogen and oxygen atoms in total. The van der Waals surface area contributed by atoms with Crippen LogP contribution in [0.4, 0.5) is 0 Å². The van der Waals surface area contributed by atoms with Crippen molar-refractivity contribution in [2.75, 3.05) is 0 Å². The molecule has 0 bridgehead atoms. The van der Waals surface area contributed by atoms with Crippen molar-refractivity contribution >= 4 is 61.5 Å². The molecule has 0 fully saturated rings. The Bertz CT molecular complexity index is 3150. The molecular formula is C53H46GeIrN4O-2. The van der Waals surface area contributed by atoms with E-state index in [4.69, 9.17) is 14.4 Å². The van der Waals surface area contributed by atoms with Crippen LogP contribution in [0.2, 0.25) is 17.3 Å². The molecule has 299 valence electrons. The first kappa shape index (κ1) is 39.8. The Morgan fingerprint density at radius 1 is 0.717 bits per heavy atom. The summed E-state index contributed by atoms with van der Waals surface area (Å²) in [5, 5.41) is 4.37. The molecule has 0 aliphatic heterocycles. The topological polar surface area (TPSA) is 56.7 Å². The van der Waals surface area contributed by atoms with E-state index in [1.54, 1.807) is 0 Å². The summed E-state index contributed by atoms with van der Waals surface area (Å²) < 4.78 is 19.2. The third-order valence-electron chi connectivity index (χ3n) is 11.3. The standard InChI is InChI=1S/C29H18N3O.C24H28GeN.Ir/c1-18-16-17-22-21-11-7-12-23(27(21)33-29(22)30-18)28-31-24-13-4-5-14-26(24)32(28)25-15-6-9-19-8-2-3-10-20(19)25;1-18(20-12-8-6-9-13-20)19(2)22-16-24(21-14-10-7-11-15-21)26-17-23(22)25(3,4)5;/h2-11,13-17H,1H3;6-14,16-19H,1-5H3;/q2*-1;/i;19D;. The second-order valence-electron chi connectivity index (χ2n) is 16.2. The minimum absolute atomic E-state index is 0. The Hall–Kier alpha value is -5.66. The molecule has 0 amide bonds. The van der Waals surface area contributed by atoms with Gasteiger partial charge >= 0.3 is 162 Å². The van der Waals surface area contributed by atoms with Crippen molar-refractivity contribution in [2.24, 2.45) is 0 Å². The molecule has 7 heteroatoms. The molecule has 2 unspecified atom stereocenters. The van der Waals surface area contributed by atoms with Crippen molar-refractivity contribution in [3.63, 3.8) is 0 Å². The van der Waals surface area contributed by atoms with E-state index in [-0.39, 0.29) is 26.0 Å². The first-order valence-corrected chi connectivity index (χ1v) is 27.5. The zero-order chi connectivity index (χ0) is 41.6. The number of furan rings is 1. The van der Waals surface area contributed by atoms with E-state index in [0.29, 0.717) is 5.71 Å². The average Bonchev–Trinajstić information content (AvgIpc) is 3.84. The Labute approximate surface area is 369 Å². The fourth-order valence-electron chi connectivity index (χ4n) is 8.03. The molecule has 2 atom stereocenters. The number of hydrogen-bond donors (Lipinski definition) is 0. The number of imidazole rings is 1. The summed E-state index contributed by atoms with van der Waals surface area (Å²) in [6.45, 7) is 6.19. The van der Waals surface area contributed by atoms with E-state index >= 15 is 0 Å². The molecule has 6 aromatic carbocycles. The molecule has 10 rings (SSSR count). The summed E-state index contributed by atoms with van der Waals surface area (Å²) >= 11 is -2.20. The van der Waals surface area contributed by atoms with Crippen molar-refractivity contribution in [3.8, 4) is 28.3 Å². The molecule has 0 aliphatic carbocycles. The zero-order valence-electron chi connectivity index (χ0n) is 35.6. The van der Waals surface area contributed by atoms with Gasteiger partial charge in [-0.15, -0.1) is 18.2 Å². The Morgan fingerprint density at radius 2 is 1.47 bits per heavy atom. The second kappa shape index (κ2) is 17.1. The maximum Gasteiger partial charge on any atom is 0 e. The number of fused-ring (bicyclic) bond motifs is 5. The second-order valence-corrected chi connectivity index (χ2v) is 26.8. The van der Waals surface area contributed by atoms with Gasteiger partial charge in [0, 0.05) is 42.3 Å². The van der Waals surface area contributed by atoms with Gasteiger partial charge in [0.25, 0.3) is 0 Å². The first-order chi connectivity index (χ1) is 29.0. The number of para-hydroxylation sites is 2. The first-order valence-electron chi connectivity index (χ1n) is 20.7. The predicted octanol–water partition coefficient (Wildman–Crippen LogP) is 13.2. The fourth-order valence-corrected chi connectivity index (χ4v) is 11.2. The molecule has 10 aromatic rings. The van der Waals surface area contributed by atoms with Crippen LogP contribution < -0.4 is 4.40 Å². The quantitative estimate of drug-likeness (QED) is 0.118. The summed E-state index contributed by atoms with van der Waals surface area (Å²) in [6, 6.07) is 58.2. The molecule has 1 radical (unpaired) electrons. The van der Waals surface area contributed by atoms with Crippen molar-refractivity contribution < 1.29 is 25.9 Å². The van der Waals surface area contributed by atoms with Crippen LogP contribution >= 0.6 is 0 Å². The molecule has 0 N–H and O–H groups in total. The zero-order valence-corrected chi connectivity index (χ0v) is 39.1. The SMILES string of the molecule is Cc1ccc2c(n1)oc1c(-c3nc4ccccc4n3-c3cccc4ccccc34)[c-]ccc12.[2H]C(C)(c1cc(-c2[c-]cccc2)nc[c]1[Ge]([CH3])([CH3])[CH3])C(C)c1ccccc1.[Ir]. The number of rotatable bonds is 7. The molecule has 4 heterocycles. The summed E-state index contributed by atoms with van der Waals surface area (Å²) in [4.78, 5) is 14.4.